The van der Waals surface area contributed by atoms with Gasteiger partial charge in [0, 0.05) is 37.9 Å². The molecule has 0 bridgehead atoms. The summed E-state index contributed by atoms with van der Waals surface area (Å²) in [5.41, 5.74) is 10.9. The predicted molar refractivity (Wildman–Crippen MR) is 230 cm³/mol. The van der Waals surface area contributed by atoms with Crippen molar-refractivity contribution in [2.24, 2.45) is 5.92 Å². The number of aryl methyl sites for hydroxylation is 1. The SMILES string of the molecule is CC(C)(c1ccnc(-c2[c-]ccc3c2oc2cc(-c4ccccc4)ccc23)c1)C1CCCC1.Cc1cc(-c2[c-]ccc3ccccc23)ncc1[Si](C)(C)C.[Ir]. The van der Waals surface area contributed by atoms with E-state index in [2.05, 4.69) is 156 Å². The van der Waals surface area contributed by atoms with Gasteiger partial charge in [0.2, 0.25) is 0 Å². The van der Waals surface area contributed by atoms with Crippen molar-refractivity contribution in [1.82, 2.24) is 9.97 Å². The van der Waals surface area contributed by atoms with Gasteiger partial charge in [-0.25, -0.2) is 0 Å². The smallest absolute Gasteiger partial charge is 0.121 e. The van der Waals surface area contributed by atoms with E-state index in [1.165, 1.54) is 58.3 Å². The summed E-state index contributed by atoms with van der Waals surface area (Å²) in [6.45, 7) is 14.1. The van der Waals surface area contributed by atoms with Crippen molar-refractivity contribution in [3.8, 4) is 33.6 Å². The van der Waals surface area contributed by atoms with Gasteiger partial charge in [-0.3, -0.25) is 0 Å². The Bertz CT molecular complexity index is 2590. The number of hydrogen-bond acceptors (Lipinski definition) is 3. The fourth-order valence-corrected chi connectivity index (χ4v) is 10.2. The van der Waals surface area contributed by atoms with Gasteiger partial charge in [-0.2, -0.15) is 0 Å². The average molecular weight is 913 g/mol. The maximum atomic E-state index is 6.45. The summed E-state index contributed by atoms with van der Waals surface area (Å²) in [6, 6.07) is 47.0. The molecule has 8 aromatic rings. The molecule has 1 saturated carbocycles. The van der Waals surface area contributed by atoms with Crippen molar-refractivity contribution in [2.45, 2.75) is 71.5 Å². The van der Waals surface area contributed by atoms with E-state index >= 15 is 0 Å². The van der Waals surface area contributed by atoms with E-state index in [-0.39, 0.29) is 25.5 Å². The van der Waals surface area contributed by atoms with Crippen LogP contribution in [0.5, 0.6) is 0 Å². The molecule has 1 aliphatic carbocycles. The zero-order valence-electron chi connectivity index (χ0n) is 32.7. The van der Waals surface area contributed by atoms with Crippen molar-refractivity contribution >= 4 is 46.0 Å². The molecule has 279 valence electrons. The molecule has 5 aromatic carbocycles. The minimum atomic E-state index is -1.33. The first kappa shape index (κ1) is 38.6. The molecule has 3 heterocycles. The van der Waals surface area contributed by atoms with Crippen LogP contribution in [0.3, 0.4) is 0 Å². The summed E-state index contributed by atoms with van der Waals surface area (Å²) in [6.07, 6.45) is 9.36. The molecule has 0 unspecified atom stereocenters. The monoisotopic (exact) mass is 913 g/mol. The van der Waals surface area contributed by atoms with Crippen LogP contribution in [0.15, 0.2) is 132 Å². The van der Waals surface area contributed by atoms with Crippen LogP contribution in [0.1, 0.15) is 50.7 Å². The first-order chi connectivity index (χ1) is 26.1. The molecule has 5 heteroatoms. The minimum Gasteiger partial charge on any atom is -0.501 e. The van der Waals surface area contributed by atoms with Crippen molar-refractivity contribution in [3.63, 3.8) is 0 Å². The molecule has 1 aliphatic rings. The number of pyridine rings is 2. The maximum absolute atomic E-state index is 6.45. The van der Waals surface area contributed by atoms with E-state index in [0.717, 1.165) is 55.9 Å². The number of aromatic nitrogens is 2. The molecule has 0 atom stereocenters. The zero-order chi connectivity index (χ0) is 37.5. The van der Waals surface area contributed by atoms with Crippen molar-refractivity contribution in [2.75, 3.05) is 0 Å². The Labute approximate surface area is 340 Å². The summed E-state index contributed by atoms with van der Waals surface area (Å²) in [5, 5.41) is 6.13. The number of furan rings is 1. The van der Waals surface area contributed by atoms with Gasteiger partial charge in [0.05, 0.1) is 13.7 Å². The van der Waals surface area contributed by atoms with Crippen LogP contribution in [0.4, 0.5) is 0 Å². The molecular weight excluding hydrogens is 865 g/mol. The van der Waals surface area contributed by atoms with E-state index in [9.17, 15) is 0 Å². The summed E-state index contributed by atoms with van der Waals surface area (Å²) in [4.78, 5) is 9.47. The number of benzene rings is 5. The molecule has 55 heavy (non-hydrogen) atoms. The van der Waals surface area contributed by atoms with Gasteiger partial charge >= 0.3 is 0 Å². The molecule has 0 aliphatic heterocycles. The number of nitrogens with zero attached hydrogens (tertiary/aromatic N) is 2. The fourth-order valence-electron chi connectivity index (χ4n) is 8.45. The summed E-state index contributed by atoms with van der Waals surface area (Å²) in [5.74, 6) is 0.732. The van der Waals surface area contributed by atoms with Crippen LogP contribution < -0.4 is 5.19 Å². The van der Waals surface area contributed by atoms with E-state index in [0.29, 0.717) is 0 Å². The standard InChI is InChI=1S/C31H28NO.C19H20NSi.Ir/c1-31(2,23-11-6-7-12-23)24-17-18-32-28(20-24)27-14-8-13-26-25-16-15-22(19-29(25)33-30(26)27)21-9-4-3-5-10-21;1-14-12-18(20-13-19(14)21(2,3)4)17-11-7-9-15-8-5-6-10-16(15)17;/h3-5,8-10,13,15-20,23H,6-7,11-12H2,1-2H3;5-10,12-13H,1-4H3;/q2*-1;. The third-order valence-corrected chi connectivity index (χ3v) is 13.7. The number of hydrogen-bond donors (Lipinski definition) is 0. The Balaban J connectivity index is 0.000000183. The van der Waals surface area contributed by atoms with E-state index < -0.39 is 8.07 Å². The molecule has 1 fully saturated rings. The van der Waals surface area contributed by atoms with E-state index in [1.807, 2.05) is 24.4 Å². The number of rotatable bonds is 6. The number of fused-ring (bicyclic) bond motifs is 4. The Morgan fingerprint density at radius 2 is 1.40 bits per heavy atom. The summed E-state index contributed by atoms with van der Waals surface area (Å²) >= 11 is 0. The minimum absolute atomic E-state index is 0. The first-order valence-electron chi connectivity index (χ1n) is 19.3. The largest absolute Gasteiger partial charge is 0.501 e. The topological polar surface area (TPSA) is 38.9 Å². The van der Waals surface area contributed by atoms with Gasteiger partial charge in [-0.15, -0.1) is 47.3 Å². The van der Waals surface area contributed by atoms with E-state index in [1.54, 1.807) is 0 Å². The second-order valence-electron chi connectivity index (χ2n) is 16.5. The zero-order valence-corrected chi connectivity index (χ0v) is 36.1. The molecule has 0 amide bonds. The fraction of sp³-hybridized carbons (Fsp3) is 0.240. The van der Waals surface area contributed by atoms with Gasteiger partial charge in [-0.05, 0) is 76.5 Å². The van der Waals surface area contributed by atoms with Crippen LogP contribution in [0.25, 0.3) is 66.4 Å². The van der Waals surface area contributed by atoms with Gasteiger partial charge in [0.25, 0.3) is 0 Å². The second-order valence-corrected chi connectivity index (χ2v) is 21.5. The maximum Gasteiger partial charge on any atom is 0.121 e. The van der Waals surface area contributed by atoms with Gasteiger partial charge < -0.3 is 14.4 Å². The van der Waals surface area contributed by atoms with Crippen LogP contribution in [-0.2, 0) is 25.5 Å². The van der Waals surface area contributed by atoms with Gasteiger partial charge in [0.1, 0.15) is 5.58 Å². The average Bonchev–Trinajstić information content (AvgIpc) is 3.87. The second kappa shape index (κ2) is 15.8. The third kappa shape index (κ3) is 7.76. The molecule has 0 spiro atoms. The van der Waals surface area contributed by atoms with Crippen molar-refractivity contribution in [3.05, 3.63) is 151 Å². The Hall–Kier alpha value is -4.67. The Kier molecular flexibility index (Phi) is 11.1. The van der Waals surface area contributed by atoms with Crippen LogP contribution in [-0.4, -0.2) is 18.0 Å². The van der Waals surface area contributed by atoms with Gasteiger partial charge in [-0.1, -0.05) is 147 Å². The van der Waals surface area contributed by atoms with E-state index in [4.69, 9.17) is 14.4 Å². The molecular formula is C50H48IrN2OSi-2. The molecule has 0 saturated heterocycles. The third-order valence-electron chi connectivity index (χ3n) is 11.6. The molecule has 0 N–H and O–H groups in total. The predicted octanol–water partition coefficient (Wildman–Crippen LogP) is 13.1. The van der Waals surface area contributed by atoms with Crippen LogP contribution in [0.2, 0.25) is 19.6 Å². The molecule has 1 radical (unpaired) electrons. The first-order valence-corrected chi connectivity index (χ1v) is 22.8. The quantitative estimate of drug-likeness (QED) is 0.123. The normalized spacial score (nSPS) is 13.5. The molecule has 9 rings (SSSR count). The van der Waals surface area contributed by atoms with Crippen molar-refractivity contribution in [1.29, 1.82) is 0 Å². The molecule has 3 nitrogen and oxygen atoms in total. The Morgan fingerprint density at radius 3 is 2.16 bits per heavy atom. The van der Waals surface area contributed by atoms with Gasteiger partial charge in [0.15, 0.2) is 0 Å². The Morgan fingerprint density at radius 1 is 0.691 bits per heavy atom. The molecule has 3 aromatic heterocycles. The summed E-state index contributed by atoms with van der Waals surface area (Å²) in [7, 11) is -1.33. The summed E-state index contributed by atoms with van der Waals surface area (Å²) < 4.78 is 6.45. The van der Waals surface area contributed by atoms with Crippen molar-refractivity contribution < 1.29 is 24.5 Å². The van der Waals surface area contributed by atoms with Crippen LogP contribution >= 0.6 is 0 Å². The van der Waals surface area contributed by atoms with Crippen LogP contribution in [0, 0.1) is 25.0 Å².